The number of rotatable bonds is 3. The zero-order valence-corrected chi connectivity index (χ0v) is 14.7. The molecule has 6 nitrogen and oxygen atoms in total. The Morgan fingerprint density at radius 3 is 2.58 bits per heavy atom. The van der Waals surface area contributed by atoms with E-state index >= 15 is 0 Å². The van der Waals surface area contributed by atoms with Crippen LogP contribution < -0.4 is 11.3 Å². The number of hydrogen-bond donors (Lipinski definition) is 2. The summed E-state index contributed by atoms with van der Waals surface area (Å²) >= 11 is 0. The van der Waals surface area contributed by atoms with Gasteiger partial charge in [0.2, 0.25) is 0 Å². The maximum absolute atomic E-state index is 12.7. The summed E-state index contributed by atoms with van der Waals surface area (Å²) in [6.45, 7) is 5.23. The quantitative estimate of drug-likeness (QED) is 0.883. The van der Waals surface area contributed by atoms with E-state index < -0.39 is 0 Å². The van der Waals surface area contributed by atoms with Gasteiger partial charge in [-0.25, -0.2) is 4.68 Å². The van der Waals surface area contributed by atoms with Gasteiger partial charge >= 0.3 is 0 Å². The SMILES string of the molecule is Cc1ccc(-n2[nH]c(C(=O)N3CC(CN)CC3C)cc2=O)cc1.Cl. The van der Waals surface area contributed by atoms with Crippen molar-refractivity contribution in [2.75, 3.05) is 13.1 Å². The van der Waals surface area contributed by atoms with Gasteiger partial charge in [0.15, 0.2) is 0 Å². The Balaban J connectivity index is 0.00000208. The highest BCUT2D eigenvalue weighted by molar-refractivity contribution is 5.92. The van der Waals surface area contributed by atoms with Gasteiger partial charge in [-0.15, -0.1) is 12.4 Å². The lowest BCUT2D eigenvalue weighted by Gasteiger charge is -2.20. The molecule has 0 radical (unpaired) electrons. The van der Waals surface area contributed by atoms with Crippen molar-refractivity contribution < 1.29 is 4.79 Å². The Morgan fingerprint density at radius 2 is 2.00 bits per heavy atom. The molecule has 24 heavy (non-hydrogen) atoms. The van der Waals surface area contributed by atoms with Gasteiger partial charge in [0, 0.05) is 18.7 Å². The smallest absolute Gasteiger partial charge is 0.272 e. The monoisotopic (exact) mass is 350 g/mol. The van der Waals surface area contributed by atoms with Crippen molar-refractivity contribution in [1.82, 2.24) is 14.7 Å². The second kappa shape index (κ2) is 7.23. The van der Waals surface area contributed by atoms with E-state index in [0.717, 1.165) is 12.0 Å². The van der Waals surface area contributed by atoms with E-state index in [1.165, 1.54) is 10.7 Å². The minimum absolute atomic E-state index is 0. The number of amides is 1. The number of nitrogens with two attached hydrogens (primary N) is 1. The lowest BCUT2D eigenvalue weighted by Crippen LogP contribution is -2.34. The maximum atomic E-state index is 12.7. The van der Waals surface area contributed by atoms with Crippen LogP contribution >= 0.6 is 12.4 Å². The van der Waals surface area contributed by atoms with Crippen LogP contribution in [0.15, 0.2) is 35.1 Å². The molecule has 1 saturated heterocycles. The highest BCUT2D eigenvalue weighted by atomic mass is 35.5. The van der Waals surface area contributed by atoms with Crippen LogP contribution in [0.1, 0.15) is 29.4 Å². The van der Waals surface area contributed by atoms with Gasteiger partial charge in [-0.3, -0.25) is 14.7 Å². The molecule has 1 fully saturated rings. The van der Waals surface area contributed by atoms with Crippen molar-refractivity contribution in [3.63, 3.8) is 0 Å². The number of aromatic nitrogens is 2. The molecule has 7 heteroatoms. The molecule has 130 valence electrons. The van der Waals surface area contributed by atoms with Crippen LogP contribution in [-0.4, -0.2) is 39.7 Å². The molecular formula is C17H23ClN4O2. The number of nitrogens with one attached hydrogen (secondary N) is 1. The molecule has 1 amide bonds. The fourth-order valence-corrected chi connectivity index (χ4v) is 3.14. The molecule has 0 spiro atoms. The summed E-state index contributed by atoms with van der Waals surface area (Å²) in [4.78, 5) is 26.7. The predicted molar refractivity (Wildman–Crippen MR) is 96.0 cm³/mol. The van der Waals surface area contributed by atoms with Crippen LogP contribution in [0.25, 0.3) is 5.69 Å². The van der Waals surface area contributed by atoms with E-state index in [0.29, 0.717) is 30.4 Å². The first-order valence-corrected chi connectivity index (χ1v) is 7.89. The fraction of sp³-hybridized carbons (Fsp3) is 0.412. The van der Waals surface area contributed by atoms with E-state index in [4.69, 9.17) is 5.73 Å². The van der Waals surface area contributed by atoms with Crippen LogP contribution in [0.4, 0.5) is 0 Å². The van der Waals surface area contributed by atoms with Gasteiger partial charge in [-0.1, -0.05) is 17.7 Å². The largest absolute Gasteiger partial charge is 0.334 e. The average Bonchev–Trinajstić information content (AvgIpc) is 3.10. The Morgan fingerprint density at radius 1 is 1.33 bits per heavy atom. The van der Waals surface area contributed by atoms with Crippen LogP contribution in [-0.2, 0) is 0 Å². The number of H-pyrrole nitrogens is 1. The van der Waals surface area contributed by atoms with Crippen molar-refractivity contribution in [2.45, 2.75) is 26.3 Å². The molecular weight excluding hydrogens is 328 g/mol. The standard InChI is InChI=1S/C17H22N4O2.ClH/c1-11-3-5-14(6-4-11)21-16(22)8-15(19-21)17(23)20-10-13(9-18)7-12(20)2;/h3-6,8,12-13,19H,7,9-10,18H2,1-2H3;1H. The number of hydrogen-bond acceptors (Lipinski definition) is 3. The third-order valence-electron chi connectivity index (χ3n) is 4.50. The third-order valence-corrected chi connectivity index (χ3v) is 4.50. The molecule has 2 aromatic rings. The van der Waals surface area contributed by atoms with Crippen LogP contribution in [0.5, 0.6) is 0 Å². The first-order valence-electron chi connectivity index (χ1n) is 7.89. The molecule has 3 N–H and O–H groups in total. The van der Waals surface area contributed by atoms with E-state index in [1.54, 1.807) is 4.90 Å². The zero-order valence-electron chi connectivity index (χ0n) is 13.9. The number of likely N-dealkylation sites (tertiary alicyclic amines) is 1. The minimum Gasteiger partial charge on any atom is -0.334 e. The summed E-state index contributed by atoms with van der Waals surface area (Å²) in [5.41, 5.74) is 7.63. The molecule has 2 atom stereocenters. The molecule has 1 aromatic carbocycles. The second-order valence-corrected chi connectivity index (χ2v) is 6.32. The number of benzene rings is 1. The molecule has 0 aliphatic carbocycles. The molecule has 1 aromatic heterocycles. The van der Waals surface area contributed by atoms with Gasteiger partial charge in [0.25, 0.3) is 11.5 Å². The van der Waals surface area contributed by atoms with Crippen molar-refractivity contribution in [3.05, 3.63) is 51.9 Å². The van der Waals surface area contributed by atoms with Crippen LogP contribution in [0.2, 0.25) is 0 Å². The molecule has 0 bridgehead atoms. The van der Waals surface area contributed by atoms with Gasteiger partial charge in [-0.05, 0) is 44.9 Å². The lowest BCUT2D eigenvalue weighted by molar-refractivity contribution is 0.0737. The Kier molecular flexibility index (Phi) is 5.51. The Labute approximate surface area is 147 Å². The van der Waals surface area contributed by atoms with E-state index in [-0.39, 0.29) is 29.9 Å². The fourth-order valence-electron chi connectivity index (χ4n) is 3.14. The molecule has 3 rings (SSSR count). The molecule has 1 aliphatic rings. The number of halogens is 1. The second-order valence-electron chi connectivity index (χ2n) is 6.32. The molecule has 0 saturated carbocycles. The topological polar surface area (TPSA) is 84.1 Å². The number of aromatic amines is 1. The number of aryl methyl sites for hydroxylation is 1. The van der Waals surface area contributed by atoms with E-state index in [2.05, 4.69) is 5.10 Å². The van der Waals surface area contributed by atoms with Crippen LogP contribution in [0.3, 0.4) is 0 Å². The minimum atomic E-state index is -0.237. The summed E-state index contributed by atoms with van der Waals surface area (Å²) < 4.78 is 1.40. The van der Waals surface area contributed by atoms with Crippen molar-refractivity contribution in [3.8, 4) is 5.69 Å². The molecule has 2 unspecified atom stereocenters. The summed E-state index contributed by atoms with van der Waals surface area (Å²) in [7, 11) is 0. The lowest BCUT2D eigenvalue weighted by atomic mass is 10.1. The number of carbonyl (C=O) groups is 1. The number of carbonyl (C=O) groups excluding carboxylic acids is 1. The number of nitrogens with zero attached hydrogens (tertiary/aromatic N) is 2. The molecule has 1 aliphatic heterocycles. The van der Waals surface area contributed by atoms with Gasteiger partial charge in [-0.2, -0.15) is 0 Å². The van der Waals surface area contributed by atoms with Crippen molar-refractivity contribution >= 4 is 18.3 Å². The Hall–Kier alpha value is -2.05. The Bertz CT molecular complexity index is 766. The highest BCUT2D eigenvalue weighted by Gasteiger charge is 2.33. The summed E-state index contributed by atoms with van der Waals surface area (Å²) in [5.74, 6) is 0.191. The normalized spacial score (nSPS) is 20.0. The third kappa shape index (κ3) is 3.39. The first-order chi connectivity index (χ1) is 11.0. The van der Waals surface area contributed by atoms with E-state index in [9.17, 15) is 9.59 Å². The van der Waals surface area contributed by atoms with E-state index in [1.807, 2.05) is 38.1 Å². The zero-order chi connectivity index (χ0) is 16.6. The average molecular weight is 351 g/mol. The maximum Gasteiger partial charge on any atom is 0.272 e. The summed E-state index contributed by atoms with van der Waals surface area (Å²) in [5, 5.41) is 2.93. The van der Waals surface area contributed by atoms with Crippen LogP contribution in [0, 0.1) is 12.8 Å². The van der Waals surface area contributed by atoms with Gasteiger partial charge < -0.3 is 10.6 Å². The van der Waals surface area contributed by atoms with Gasteiger partial charge in [0.1, 0.15) is 5.69 Å². The summed E-state index contributed by atoms with van der Waals surface area (Å²) in [6.07, 6.45) is 0.908. The first kappa shape index (κ1) is 18.3. The predicted octanol–water partition coefficient (Wildman–Crippen LogP) is 1.71. The van der Waals surface area contributed by atoms with Crippen molar-refractivity contribution in [1.29, 1.82) is 0 Å². The molecule has 2 heterocycles. The van der Waals surface area contributed by atoms with Gasteiger partial charge in [0.05, 0.1) is 5.69 Å². The van der Waals surface area contributed by atoms with Crippen molar-refractivity contribution in [2.24, 2.45) is 11.7 Å². The summed E-state index contributed by atoms with van der Waals surface area (Å²) in [6, 6.07) is 9.07. The highest BCUT2D eigenvalue weighted by Crippen LogP contribution is 2.23.